The van der Waals surface area contributed by atoms with Crippen molar-refractivity contribution >= 4 is 39.1 Å². The molecule has 0 fully saturated rings. The van der Waals surface area contributed by atoms with Crippen LogP contribution in [0.4, 0.5) is 0 Å². The third-order valence-corrected chi connectivity index (χ3v) is 8.60. The van der Waals surface area contributed by atoms with E-state index in [0.717, 1.165) is 36.4 Å². The van der Waals surface area contributed by atoms with E-state index in [1.807, 2.05) is 24.3 Å². The van der Waals surface area contributed by atoms with Gasteiger partial charge in [-0.05, 0) is 54.3 Å². The summed E-state index contributed by atoms with van der Waals surface area (Å²) >= 11 is 12.1. The van der Waals surface area contributed by atoms with Gasteiger partial charge in [0, 0.05) is 35.0 Å². The Morgan fingerprint density at radius 3 is 2.45 bits per heavy atom. The van der Waals surface area contributed by atoms with Crippen molar-refractivity contribution in [3.8, 4) is 5.75 Å². The van der Waals surface area contributed by atoms with Crippen molar-refractivity contribution in [2.75, 3.05) is 13.2 Å². The molecule has 0 saturated carbocycles. The minimum Gasteiger partial charge on any atom is -0.493 e. The Hall–Kier alpha value is -2.62. The van der Waals surface area contributed by atoms with Gasteiger partial charge in [-0.3, -0.25) is 4.79 Å². The second-order valence-corrected chi connectivity index (χ2v) is 13.0. The van der Waals surface area contributed by atoms with Gasteiger partial charge in [0.25, 0.3) is 0 Å². The quantitative estimate of drug-likeness (QED) is 0.215. The molecule has 2 unspecified atom stereocenters. The fourth-order valence-electron chi connectivity index (χ4n) is 4.61. The van der Waals surface area contributed by atoms with Crippen molar-refractivity contribution in [3.63, 3.8) is 0 Å². The number of nitrogens with one attached hydrogen (secondary N) is 3. The van der Waals surface area contributed by atoms with Crippen LogP contribution in [0.25, 0.3) is 0 Å². The minimum absolute atomic E-state index is 0.0702. The SMILES string of the molecule is CC(C)CCNCc1ccc2c(c1)OCCC2NC(=O)CC(NS(=O)(=O)c1cc(Cl)cc(Cl)c1)c1ccccc1. The number of carbonyl (C=O) groups is 1. The van der Waals surface area contributed by atoms with Gasteiger partial charge in [0.15, 0.2) is 0 Å². The zero-order chi connectivity index (χ0) is 28.7. The first kappa shape index (κ1) is 30.3. The van der Waals surface area contributed by atoms with Crippen LogP contribution in [0.1, 0.15) is 61.9 Å². The molecule has 0 bridgehead atoms. The molecular weight excluding hydrogens is 569 g/mol. The highest BCUT2D eigenvalue weighted by atomic mass is 35.5. The van der Waals surface area contributed by atoms with Crippen LogP contribution in [0, 0.1) is 5.92 Å². The second-order valence-electron chi connectivity index (χ2n) is 10.4. The largest absolute Gasteiger partial charge is 0.493 e. The van der Waals surface area contributed by atoms with Crippen LogP contribution in [-0.4, -0.2) is 27.5 Å². The van der Waals surface area contributed by atoms with E-state index in [1.54, 1.807) is 24.3 Å². The van der Waals surface area contributed by atoms with E-state index in [2.05, 4.69) is 29.2 Å². The number of hydrogen-bond donors (Lipinski definition) is 3. The summed E-state index contributed by atoms with van der Waals surface area (Å²) in [6, 6.07) is 18.1. The van der Waals surface area contributed by atoms with Gasteiger partial charge in [-0.2, -0.15) is 0 Å². The highest BCUT2D eigenvalue weighted by Gasteiger charge is 2.28. The number of rotatable bonds is 12. The predicted molar refractivity (Wildman–Crippen MR) is 159 cm³/mol. The van der Waals surface area contributed by atoms with Crippen LogP contribution in [-0.2, 0) is 21.4 Å². The number of sulfonamides is 1. The van der Waals surface area contributed by atoms with Crippen LogP contribution in [0.2, 0.25) is 10.0 Å². The Bertz CT molecular complexity index is 1400. The van der Waals surface area contributed by atoms with Gasteiger partial charge < -0.3 is 15.4 Å². The van der Waals surface area contributed by atoms with Crippen LogP contribution in [0.15, 0.2) is 71.6 Å². The molecule has 1 heterocycles. The minimum atomic E-state index is -4.02. The molecule has 3 N–H and O–H groups in total. The number of amides is 1. The maximum absolute atomic E-state index is 13.3. The summed E-state index contributed by atoms with van der Waals surface area (Å²) in [6.07, 6.45) is 1.64. The summed E-state index contributed by atoms with van der Waals surface area (Å²) in [4.78, 5) is 13.2. The van der Waals surface area contributed by atoms with Crippen molar-refractivity contribution in [1.82, 2.24) is 15.4 Å². The van der Waals surface area contributed by atoms with Crippen LogP contribution in [0.3, 0.4) is 0 Å². The van der Waals surface area contributed by atoms with Gasteiger partial charge in [-0.25, -0.2) is 13.1 Å². The molecule has 10 heteroatoms. The van der Waals surface area contributed by atoms with Crippen molar-refractivity contribution in [3.05, 3.63) is 93.5 Å². The fraction of sp³-hybridized carbons (Fsp3) is 0.367. The molecule has 3 aromatic rings. The highest BCUT2D eigenvalue weighted by molar-refractivity contribution is 7.89. The normalized spacial score (nSPS) is 15.8. The zero-order valence-corrected chi connectivity index (χ0v) is 25.0. The molecule has 7 nitrogen and oxygen atoms in total. The zero-order valence-electron chi connectivity index (χ0n) is 22.6. The van der Waals surface area contributed by atoms with Gasteiger partial charge in [-0.15, -0.1) is 0 Å². The highest BCUT2D eigenvalue weighted by Crippen LogP contribution is 2.33. The Balaban J connectivity index is 1.46. The molecular formula is C30H35Cl2N3O4S. The molecule has 3 aromatic carbocycles. The Morgan fingerprint density at radius 2 is 1.75 bits per heavy atom. The number of ether oxygens (including phenoxy) is 1. The number of hydrogen-bond acceptors (Lipinski definition) is 5. The van der Waals surface area contributed by atoms with Crippen molar-refractivity contribution < 1.29 is 17.9 Å². The van der Waals surface area contributed by atoms with Crippen molar-refractivity contribution in [2.45, 2.75) is 56.6 Å². The van der Waals surface area contributed by atoms with E-state index < -0.39 is 16.1 Å². The summed E-state index contributed by atoms with van der Waals surface area (Å²) in [5.74, 6) is 1.13. The van der Waals surface area contributed by atoms with Crippen LogP contribution in [0.5, 0.6) is 5.75 Å². The van der Waals surface area contributed by atoms with E-state index in [1.165, 1.54) is 18.2 Å². The van der Waals surface area contributed by atoms with Gasteiger partial charge >= 0.3 is 0 Å². The van der Waals surface area contributed by atoms with Crippen molar-refractivity contribution in [2.24, 2.45) is 5.92 Å². The average Bonchev–Trinajstić information content (AvgIpc) is 2.90. The van der Waals surface area contributed by atoms with E-state index in [0.29, 0.717) is 24.5 Å². The number of benzene rings is 3. The summed E-state index contributed by atoms with van der Waals surface area (Å²) < 4.78 is 35.0. The number of halogens is 2. The molecule has 0 saturated heterocycles. The average molecular weight is 605 g/mol. The monoisotopic (exact) mass is 603 g/mol. The molecule has 1 aliphatic rings. The van der Waals surface area contributed by atoms with E-state index in [4.69, 9.17) is 27.9 Å². The smallest absolute Gasteiger partial charge is 0.241 e. The van der Waals surface area contributed by atoms with E-state index >= 15 is 0 Å². The molecule has 1 aliphatic heterocycles. The Morgan fingerprint density at radius 1 is 1.02 bits per heavy atom. The molecule has 1 amide bonds. The first-order valence-corrected chi connectivity index (χ1v) is 15.6. The molecule has 2 atom stereocenters. The van der Waals surface area contributed by atoms with Crippen LogP contribution >= 0.6 is 23.2 Å². The molecule has 0 aromatic heterocycles. The lowest BCUT2D eigenvalue weighted by molar-refractivity contribution is -0.122. The van der Waals surface area contributed by atoms with Gasteiger partial charge in [0.1, 0.15) is 5.75 Å². The lowest BCUT2D eigenvalue weighted by Crippen LogP contribution is -2.36. The first-order chi connectivity index (χ1) is 19.1. The van der Waals surface area contributed by atoms with Gasteiger partial charge in [-0.1, -0.05) is 79.5 Å². The maximum atomic E-state index is 13.3. The maximum Gasteiger partial charge on any atom is 0.241 e. The molecule has 0 spiro atoms. The van der Waals surface area contributed by atoms with Crippen LogP contribution < -0.4 is 20.1 Å². The lowest BCUT2D eigenvalue weighted by atomic mass is 9.98. The predicted octanol–water partition coefficient (Wildman–Crippen LogP) is 6.18. The van der Waals surface area contributed by atoms with Crippen molar-refractivity contribution in [1.29, 1.82) is 0 Å². The second kappa shape index (κ2) is 13.8. The molecule has 214 valence electrons. The molecule has 0 aliphatic carbocycles. The van der Waals surface area contributed by atoms with Gasteiger partial charge in [0.2, 0.25) is 15.9 Å². The summed E-state index contributed by atoms with van der Waals surface area (Å²) in [7, 11) is -4.02. The Labute approximate surface area is 246 Å². The Kier molecular flexibility index (Phi) is 10.5. The standard InChI is InChI=1S/C30H35Cl2N3O4S/c1-20(2)10-12-33-19-21-8-9-26-27(11-13-39-29(26)14-21)34-30(36)18-28(22-6-4-3-5-7-22)35-40(37,38)25-16-23(31)15-24(32)17-25/h3-9,14-17,20,27-28,33,35H,10-13,18-19H2,1-2H3,(H,34,36). The number of fused-ring (bicyclic) bond motifs is 1. The first-order valence-electron chi connectivity index (χ1n) is 13.4. The third-order valence-electron chi connectivity index (χ3n) is 6.72. The summed E-state index contributed by atoms with van der Waals surface area (Å²) in [5, 5.41) is 6.96. The van der Waals surface area contributed by atoms with Gasteiger partial charge in [0.05, 0.1) is 23.6 Å². The number of carbonyl (C=O) groups excluding carboxylic acids is 1. The molecule has 4 rings (SSSR count). The topological polar surface area (TPSA) is 96.5 Å². The summed E-state index contributed by atoms with van der Waals surface area (Å²) in [6.45, 7) is 6.58. The third kappa shape index (κ3) is 8.44. The van der Waals surface area contributed by atoms with E-state index in [-0.39, 0.29) is 33.3 Å². The molecule has 40 heavy (non-hydrogen) atoms. The summed E-state index contributed by atoms with van der Waals surface area (Å²) in [5.41, 5.74) is 2.70. The lowest BCUT2D eigenvalue weighted by Gasteiger charge is -2.28. The fourth-order valence-corrected chi connectivity index (χ4v) is 6.56. The molecule has 0 radical (unpaired) electrons. The van der Waals surface area contributed by atoms with E-state index in [9.17, 15) is 13.2 Å².